The van der Waals surface area contributed by atoms with Crippen molar-refractivity contribution in [2.45, 2.75) is 26.4 Å². The van der Waals surface area contributed by atoms with Gasteiger partial charge in [-0.1, -0.05) is 0 Å². The molecule has 2 rings (SSSR count). The Morgan fingerprint density at radius 3 is 2.81 bits per heavy atom. The minimum absolute atomic E-state index is 0.0570. The summed E-state index contributed by atoms with van der Waals surface area (Å²) in [7, 11) is 0. The predicted molar refractivity (Wildman–Crippen MR) is 77.5 cm³/mol. The van der Waals surface area contributed by atoms with Crippen LogP contribution in [0.3, 0.4) is 0 Å². The fourth-order valence-electron chi connectivity index (χ4n) is 1.93. The highest BCUT2D eigenvalue weighted by Crippen LogP contribution is 2.11. The van der Waals surface area contributed by atoms with Gasteiger partial charge in [0.25, 0.3) is 5.56 Å². The van der Waals surface area contributed by atoms with Crippen LogP contribution in [-0.4, -0.2) is 15.8 Å². The van der Waals surface area contributed by atoms with Gasteiger partial charge in [0.2, 0.25) is 0 Å². The highest BCUT2D eigenvalue weighted by atomic mass is 19.1. The lowest BCUT2D eigenvalue weighted by Gasteiger charge is -2.11. The molecule has 0 fully saturated rings. The monoisotopic (exact) mass is 286 g/mol. The quantitative estimate of drug-likeness (QED) is 0.934. The second-order valence-corrected chi connectivity index (χ2v) is 4.95. The van der Waals surface area contributed by atoms with Gasteiger partial charge in [0.15, 0.2) is 0 Å². The molecule has 0 saturated heterocycles. The van der Waals surface area contributed by atoms with Gasteiger partial charge in [-0.05, 0) is 37.6 Å². The van der Waals surface area contributed by atoms with E-state index in [-0.39, 0.29) is 18.1 Å². The number of hydrogen-bond acceptors (Lipinski definition) is 4. The van der Waals surface area contributed by atoms with Crippen LogP contribution in [0.2, 0.25) is 0 Å². The number of aromatic nitrogens is 2. The molecule has 0 aliphatic rings. The van der Waals surface area contributed by atoms with Crippen LogP contribution in [0.15, 0.2) is 35.3 Å². The fraction of sp³-hybridized carbons (Fsp3) is 0.267. The van der Waals surface area contributed by atoms with Crippen molar-refractivity contribution >= 4 is 5.69 Å². The van der Waals surface area contributed by atoms with Gasteiger partial charge in [-0.25, -0.2) is 9.07 Å². The average Bonchev–Trinajstić information content (AvgIpc) is 2.41. The molecule has 0 radical (unpaired) electrons. The molecule has 1 aromatic heterocycles. The summed E-state index contributed by atoms with van der Waals surface area (Å²) in [6.07, 6.45) is 1.53. The Balaban J connectivity index is 2.31. The second-order valence-electron chi connectivity index (χ2n) is 4.95. The van der Waals surface area contributed by atoms with E-state index in [0.29, 0.717) is 16.8 Å². The van der Waals surface area contributed by atoms with E-state index in [9.17, 15) is 9.18 Å². The summed E-state index contributed by atoms with van der Waals surface area (Å²) < 4.78 is 14.5. The number of anilines is 1. The van der Waals surface area contributed by atoms with Gasteiger partial charge < -0.3 is 5.32 Å². The molecular weight excluding hydrogens is 271 g/mol. The zero-order valence-electron chi connectivity index (χ0n) is 11.8. The lowest BCUT2D eigenvalue weighted by molar-refractivity contribution is 0.610. The maximum Gasteiger partial charge on any atom is 0.269 e. The van der Waals surface area contributed by atoms with Gasteiger partial charge in [-0.2, -0.15) is 10.4 Å². The number of halogens is 1. The summed E-state index contributed by atoms with van der Waals surface area (Å²) in [6, 6.07) is 7.45. The molecule has 0 aliphatic heterocycles. The van der Waals surface area contributed by atoms with Gasteiger partial charge in [0.1, 0.15) is 5.82 Å². The molecule has 1 N–H and O–H groups in total. The first-order valence-corrected chi connectivity index (χ1v) is 6.52. The van der Waals surface area contributed by atoms with Gasteiger partial charge in [-0.15, -0.1) is 0 Å². The van der Waals surface area contributed by atoms with E-state index in [0.717, 1.165) is 0 Å². The molecule has 0 amide bonds. The Morgan fingerprint density at radius 1 is 1.43 bits per heavy atom. The summed E-state index contributed by atoms with van der Waals surface area (Å²) in [6.45, 7) is 3.97. The molecule has 0 unspecified atom stereocenters. The van der Waals surface area contributed by atoms with Crippen LogP contribution in [-0.2, 0) is 6.54 Å². The summed E-state index contributed by atoms with van der Waals surface area (Å²) in [5.74, 6) is -0.449. The van der Waals surface area contributed by atoms with Crippen LogP contribution < -0.4 is 10.9 Å². The molecule has 1 heterocycles. The molecule has 2 aromatic rings. The molecule has 0 saturated carbocycles. The number of nitrogens with zero attached hydrogens (tertiary/aromatic N) is 3. The lowest BCUT2D eigenvalue weighted by atomic mass is 10.1. The van der Waals surface area contributed by atoms with Crippen LogP contribution in [0, 0.1) is 17.1 Å². The molecule has 21 heavy (non-hydrogen) atoms. The number of benzene rings is 1. The van der Waals surface area contributed by atoms with E-state index in [2.05, 4.69) is 10.4 Å². The first kappa shape index (κ1) is 14.7. The Labute approximate surface area is 121 Å². The van der Waals surface area contributed by atoms with Crippen LogP contribution >= 0.6 is 0 Å². The number of rotatable bonds is 4. The normalized spacial score (nSPS) is 10.4. The van der Waals surface area contributed by atoms with Crippen molar-refractivity contribution in [2.24, 2.45) is 0 Å². The molecule has 5 nitrogen and oxygen atoms in total. The van der Waals surface area contributed by atoms with Crippen LogP contribution in [0.4, 0.5) is 10.1 Å². The van der Waals surface area contributed by atoms with E-state index in [1.54, 1.807) is 0 Å². The fourth-order valence-corrected chi connectivity index (χ4v) is 1.93. The topological polar surface area (TPSA) is 70.7 Å². The zero-order chi connectivity index (χ0) is 15.4. The van der Waals surface area contributed by atoms with Crippen molar-refractivity contribution in [3.8, 4) is 6.07 Å². The third kappa shape index (κ3) is 3.66. The maximum atomic E-state index is 13.3. The van der Waals surface area contributed by atoms with Crippen molar-refractivity contribution in [1.29, 1.82) is 5.26 Å². The van der Waals surface area contributed by atoms with Gasteiger partial charge in [0.05, 0.1) is 30.1 Å². The Bertz CT molecular complexity index is 746. The predicted octanol–water partition coefficient (Wildman–Crippen LogP) is 2.12. The van der Waals surface area contributed by atoms with Crippen molar-refractivity contribution in [3.63, 3.8) is 0 Å². The smallest absolute Gasteiger partial charge is 0.269 e. The Morgan fingerprint density at radius 2 is 2.19 bits per heavy atom. The Kier molecular flexibility index (Phi) is 4.33. The third-order valence-electron chi connectivity index (χ3n) is 2.83. The summed E-state index contributed by atoms with van der Waals surface area (Å²) >= 11 is 0. The summed E-state index contributed by atoms with van der Waals surface area (Å²) in [5, 5.41) is 16.1. The zero-order valence-corrected chi connectivity index (χ0v) is 11.8. The molecule has 108 valence electrons. The first-order valence-electron chi connectivity index (χ1n) is 6.52. The van der Waals surface area contributed by atoms with Crippen LogP contribution in [0.5, 0.6) is 0 Å². The minimum atomic E-state index is -0.449. The maximum absolute atomic E-state index is 13.3. The highest BCUT2D eigenvalue weighted by molar-refractivity contribution is 5.40. The highest BCUT2D eigenvalue weighted by Gasteiger charge is 2.07. The van der Waals surface area contributed by atoms with E-state index in [1.807, 2.05) is 19.9 Å². The molecule has 0 aliphatic carbocycles. The average molecular weight is 286 g/mol. The van der Waals surface area contributed by atoms with E-state index < -0.39 is 5.82 Å². The number of nitriles is 1. The largest absolute Gasteiger partial charge is 0.381 e. The van der Waals surface area contributed by atoms with Crippen molar-refractivity contribution in [2.75, 3.05) is 5.32 Å². The molecule has 0 spiro atoms. The van der Waals surface area contributed by atoms with Crippen molar-refractivity contribution < 1.29 is 4.39 Å². The standard InChI is InChI=1S/C15H15FN4O/c1-10(2)19-14-6-15(21)20(18-8-14)9-12-5-13(16)4-3-11(12)7-17/h3-6,8,10,19H,9H2,1-2H3. The summed E-state index contributed by atoms with van der Waals surface area (Å²) in [5.41, 5.74) is 1.07. The molecule has 0 atom stereocenters. The second kappa shape index (κ2) is 6.18. The minimum Gasteiger partial charge on any atom is -0.381 e. The van der Waals surface area contributed by atoms with E-state index in [4.69, 9.17) is 5.26 Å². The molecule has 0 bridgehead atoms. The van der Waals surface area contributed by atoms with E-state index >= 15 is 0 Å². The van der Waals surface area contributed by atoms with Crippen molar-refractivity contribution in [3.05, 3.63) is 57.8 Å². The van der Waals surface area contributed by atoms with Crippen molar-refractivity contribution in [1.82, 2.24) is 9.78 Å². The van der Waals surface area contributed by atoms with Gasteiger partial charge in [0, 0.05) is 12.1 Å². The van der Waals surface area contributed by atoms with Gasteiger partial charge in [-0.3, -0.25) is 4.79 Å². The molecule has 1 aromatic carbocycles. The van der Waals surface area contributed by atoms with Crippen LogP contribution in [0.1, 0.15) is 25.0 Å². The number of nitrogens with one attached hydrogen (secondary N) is 1. The van der Waals surface area contributed by atoms with Crippen LogP contribution in [0.25, 0.3) is 0 Å². The molecular formula is C15H15FN4O. The van der Waals surface area contributed by atoms with Gasteiger partial charge >= 0.3 is 0 Å². The SMILES string of the molecule is CC(C)Nc1cnn(Cc2cc(F)ccc2C#N)c(=O)c1. The van der Waals surface area contributed by atoms with E-state index in [1.165, 1.54) is 35.1 Å². The Hall–Kier alpha value is -2.68. The lowest BCUT2D eigenvalue weighted by Crippen LogP contribution is -2.24. The molecule has 6 heteroatoms. The third-order valence-corrected chi connectivity index (χ3v) is 2.83. The number of hydrogen-bond donors (Lipinski definition) is 1. The first-order chi connectivity index (χ1) is 9.99. The summed E-state index contributed by atoms with van der Waals surface area (Å²) in [4.78, 5) is 12.0.